The number of hydrogen-bond acceptors (Lipinski definition) is 18. The number of allylic oxidation sites excluding steroid dienone is 8. The maximum absolute atomic E-state index is 13.4. The maximum Gasteiger partial charge on any atom is 0.220 e. The van der Waals surface area contributed by atoms with E-state index in [1.54, 1.807) is 0 Å². The van der Waals surface area contributed by atoms with E-state index in [2.05, 4.69) is 67.8 Å². The Labute approximate surface area is 548 Å². The molecule has 17 atom stereocenters. The molecule has 0 aromatic rings. The van der Waals surface area contributed by atoms with E-state index in [1.807, 2.05) is 0 Å². The summed E-state index contributed by atoms with van der Waals surface area (Å²) in [5.74, 6) is -0.265. The monoisotopic (exact) mass is 1300 g/mol. The van der Waals surface area contributed by atoms with E-state index in [0.29, 0.717) is 12.8 Å². The maximum atomic E-state index is 13.4. The largest absolute Gasteiger partial charge is 0.394 e. The molecule has 0 saturated carbocycles. The molecule has 0 radical (unpaired) electrons. The average Bonchev–Trinajstić information content (AvgIpc) is 0.885. The fraction of sp³-hybridized carbons (Fsp3) is 0.875. The number of rotatable bonds is 56. The van der Waals surface area contributed by atoms with Gasteiger partial charge in [0.2, 0.25) is 5.91 Å². The van der Waals surface area contributed by atoms with Gasteiger partial charge in [-0.25, -0.2) is 0 Å². The second kappa shape index (κ2) is 53.8. The summed E-state index contributed by atoms with van der Waals surface area (Å²) in [5.41, 5.74) is 0. The molecule has 3 fully saturated rings. The van der Waals surface area contributed by atoms with Crippen molar-refractivity contribution in [1.82, 2.24) is 5.32 Å². The molecule has 3 aliphatic heterocycles. The van der Waals surface area contributed by atoms with E-state index in [9.17, 15) is 61.0 Å². The summed E-state index contributed by atoms with van der Waals surface area (Å²) in [7, 11) is 0. The van der Waals surface area contributed by atoms with Gasteiger partial charge in [0.1, 0.15) is 73.2 Å². The molecule has 0 spiro atoms. The lowest BCUT2D eigenvalue weighted by Gasteiger charge is -2.48. The van der Waals surface area contributed by atoms with Crippen LogP contribution in [0.1, 0.15) is 271 Å². The van der Waals surface area contributed by atoms with Crippen LogP contribution in [-0.4, -0.2) is 193 Å². The Hall–Kier alpha value is -2.25. The van der Waals surface area contributed by atoms with Crippen molar-refractivity contribution in [3.05, 3.63) is 48.6 Å². The molecule has 19 nitrogen and oxygen atoms in total. The predicted molar refractivity (Wildman–Crippen MR) is 356 cm³/mol. The van der Waals surface area contributed by atoms with Gasteiger partial charge in [-0.2, -0.15) is 0 Å². The molecule has 3 saturated heterocycles. The number of hydrogen-bond donors (Lipinski definition) is 12. The highest BCUT2D eigenvalue weighted by Gasteiger charge is 2.53. The van der Waals surface area contributed by atoms with Gasteiger partial charge in [-0.1, -0.05) is 262 Å². The van der Waals surface area contributed by atoms with Crippen LogP contribution in [-0.2, 0) is 33.2 Å². The van der Waals surface area contributed by atoms with Crippen molar-refractivity contribution in [2.75, 3.05) is 26.4 Å². The molecule has 19 heteroatoms. The molecule has 532 valence electrons. The Balaban J connectivity index is 1.40. The Bertz CT molecular complexity index is 1840. The highest BCUT2D eigenvalue weighted by molar-refractivity contribution is 5.76. The summed E-state index contributed by atoms with van der Waals surface area (Å²) < 4.78 is 34.4. The van der Waals surface area contributed by atoms with Gasteiger partial charge in [0, 0.05) is 6.42 Å². The third kappa shape index (κ3) is 35.5. The number of amides is 1. The summed E-state index contributed by atoms with van der Waals surface area (Å²) in [6, 6.07) is -0.903. The van der Waals surface area contributed by atoms with Crippen LogP contribution in [0.4, 0.5) is 0 Å². The van der Waals surface area contributed by atoms with Gasteiger partial charge in [-0.15, -0.1) is 0 Å². The molecule has 3 rings (SSSR count). The van der Waals surface area contributed by atoms with Crippen LogP contribution in [0, 0.1) is 0 Å². The van der Waals surface area contributed by atoms with E-state index in [4.69, 9.17) is 28.4 Å². The molecule has 1 amide bonds. The minimum atomic E-state index is -1.98. The summed E-state index contributed by atoms with van der Waals surface area (Å²) in [6.07, 6.45) is 37.7. The minimum Gasteiger partial charge on any atom is -0.394 e. The van der Waals surface area contributed by atoms with Gasteiger partial charge < -0.3 is 89.9 Å². The normalized spacial score (nSPS) is 28.1. The Morgan fingerprint density at radius 1 is 0.407 bits per heavy atom. The lowest BCUT2D eigenvalue weighted by Crippen LogP contribution is -2.66. The Kier molecular flexibility index (Phi) is 49.1. The van der Waals surface area contributed by atoms with Gasteiger partial charge in [0.05, 0.1) is 38.6 Å². The van der Waals surface area contributed by atoms with Crippen molar-refractivity contribution in [3.8, 4) is 0 Å². The SMILES string of the molecule is CC/C=C\C/C=C\C/C=C\C/C=C\CCCCCCC(=O)NC(COC1OC(CO)C(OC2OC(CO)C(OC3OC(CO)C(O)C(O)C3O)C(O)C2O)C(O)C1O)C(O)CCCCCCCCCCCCCCCCCCCCCCCCCCCCCCC. The zero-order valence-electron chi connectivity index (χ0n) is 56.3. The van der Waals surface area contributed by atoms with Crippen LogP contribution in [0.25, 0.3) is 0 Å². The number of aliphatic hydroxyl groups is 11. The zero-order valence-corrected chi connectivity index (χ0v) is 56.3. The fourth-order valence-corrected chi connectivity index (χ4v) is 12.3. The average molecular weight is 1300 g/mol. The third-order valence-corrected chi connectivity index (χ3v) is 18.2. The number of unbranched alkanes of at least 4 members (excludes halogenated alkanes) is 32. The van der Waals surface area contributed by atoms with Crippen molar-refractivity contribution < 1.29 is 89.4 Å². The second-order valence-corrected chi connectivity index (χ2v) is 26.0. The molecule has 91 heavy (non-hydrogen) atoms. The van der Waals surface area contributed by atoms with E-state index in [1.165, 1.54) is 161 Å². The molecule has 17 unspecified atom stereocenters. The van der Waals surface area contributed by atoms with Gasteiger partial charge >= 0.3 is 0 Å². The Morgan fingerprint density at radius 3 is 1.19 bits per heavy atom. The van der Waals surface area contributed by atoms with Crippen molar-refractivity contribution >= 4 is 5.91 Å². The van der Waals surface area contributed by atoms with E-state index in [-0.39, 0.29) is 18.9 Å². The van der Waals surface area contributed by atoms with E-state index >= 15 is 0 Å². The first-order chi connectivity index (χ1) is 44.3. The number of nitrogens with one attached hydrogen (secondary N) is 1. The van der Waals surface area contributed by atoms with Crippen LogP contribution < -0.4 is 5.32 Å². The molecule has 12 N–H and O–H groups in total. The van der Waals surface area contributed by atoms with Gasteiger partial charge in [0.15, 0.2) is 18.9 Å². The summed E-state index contributed by atoms with van der Waals surface area (Å²) in [6.45, 7) is 1.69. The first-order valence-electron chi connectivity index (χ1n) is 36.4. The number of ether oxygens (including phenoxy) is 6. The van der Waals surface area contributed by atoms with E-state index in [0.717, 1.165) is 77.0 Å². The minimum absolute atomic E-state index is 0.237. The van der Waals surface area contributed by atoms with Crippen molar-refractivity contribution in [2.24, 2.45) is 0 Å². The highest BCUT2D eigenvalue weighted by atomic mass is 16.8. The van der Waals surface area contributed by atoms with Crippen molar-refractivity contribution in [1.29, 1.82) is 0 Å². The molecule has 0 bridgehead atoms. The van der Waals surface area contributed by atoms with E-state index < -0.39 is 124 Å². The van der Waals surface area contributed by atoms with Crippen LogP contribution in [0.2, 0.25) is 0 Å². The molecule has 3 aliphatic rings. The smallest absolute Gasteiger partial charge is 0.220 e. The van der Waals surface area contributed by atoms with Crippen molar-refractivity contribution in [2.45, 2.75) is 375 Å². The first-order valence-corrected chi connectivity index (χ1v) is 36.4. The lowest BCUT2D eigenvalue weighted by atomic mass is 9.96. The highest BCUT2D eigenvalue weighted by Crippen LogP contribution is 2.33. The molecule has 3 heterocycles. The third-order valence-electron chi connectivity index (χ3n) is 18.2. The summed E-state index contributed by atoms with van der Waals surface area (Å²) in [4.78, 5) is 13.4. The molecule has 0 aromatic carbocycles. The molecular formula is C72H131NO18. The first kappa shape index (κ1) is 83.0. The molecule has 0 aliphatic carbocycles. The quantitative estimate of drug-likeness (QED) is 0.0199. The van der Waals surface area contributed by atoms with Crippen LogP contribution >= 0.6 is 0 Å². The number of carbonyl (C=O) groups excluding carboxylic acids is 1. The van der Waals surface area contributed by atoms with Gasteiger partial charge in [-0.05, 0) is 51.4 Å². The predicted octanol–water partition coefficient (Wildman–Crippen LogP) is 10.2. The Morgan fingerprint density at radius 2 is 0.758 bits per heavy atom. The topological polar surface area (TPSA) is 307 Å². The zero-order chi connectivity index (χ0) is 66.1. The fourth-order valence-electron chi connectivity index (χ4n) is 12.3. The van der Waals surface area contributed by atoms with Gasteiger partial charge in [0.25, 0.3) is 0 Å². The summed E-state index contributed by atoms with van der Waals surface area (Å²) in [5, 5.41) is 121. The molecular weight excluding hydrogens is 1170 g/mol. The standard InChI is InChI=1S/C72H131NO18/c1-3-5-7-9-11-13-15-17-19-21-22-23-24-25-26-27-28-29-30-31-32-34-35-37-39-41-43-45-47-49-56(77)55(73-60(78)50-48-46-44-42-40-38-36-33-20-18-16-14-12-10-8-6-4-2)54-86-70-66(84)63(81)68(58(52-75)88-70)91-72-67(85)64(82)69(59(53-76)89-72)90-71-65(83)62(80)61(79)57(51-74)87-71/h6,8,12,14,18,20,36,38,55-59,61-72,74-77,79-85H,3-5,7,9-11,13,15-17,19,21-35,37,39-54H2,1-2H3,(H,73,78)/b8-6-,14-12-,20-18-,38-36-. The second-order valence-electron chi connectivity index (χ2n) is 26.0. The number of carbonyl (C=O) groups is 1. The van der Waals surface area contributed by atoms with Crippen molar-refractivity contribution in [3.63, 3.8) is 0 Å². The van der Waals surface area contributed by atoms with Crippen LogP contribution in [0.3, 0.4) is 0 Å². The number of aliphatic hydroxyl groups excluding tert-OH is 11. The lowest BCUT2D eigenvalue weighted by molar-refractivity contribution is -0.379. The molecule has 0 aromatic heterocycles. The summed E-state index contributed by atoms with van der Waals surface area (Å²) >= 11 is 0. The van der Waals surface area contributed by atoms with Gasteiger partial charge in [-0.3, -0.25) is 4.79 Å². The van der Waals surface area contributed by atoms with Crippen LogP contribution in [0.15, 0.2) is 48.6 Å². The van der Waals surface area contributed by atoms with Crippen LogP contribution in [0.5, 0.6) is 0 Å².